The molecule has 7 nitrogen and oxygen atoms in total. The number of hydrogen-bond acceptors (Lipinski definition) is 5. The summed E-state index contributed by atoms with van der Waals surface area (Å²) < 4.78 is 1.81. The molecule has 1 aromatic carbocycles. The van der Waals surface area contributed by atoms with E-state index in [2.05, 4.69) is 20.7 Å². The third kappa shape index (κ3) is 4.56. The van der Waals surface area contributed by atoms with Gasteiger partial charge in [-0.15, -0.1) is 0 Å². The number of halogens is 1. The molecule has 1 aliphatic carbocycles. The van der Waals surface area contributed by atoms with E-state index in [0.717, 1.165) is 35.1 Å². The Kier molecular flexibility index (Phi) is 6.23. The van der Waals surface area contributed by atoms with E-state index in [9.17, 15) is 9.59 Å². The first-order valence-corrected chi connectivity index (χ1v) is 11.0. The van der Waals surface area contributed by atoms with Crippen LogP contribution in [0.2, 0.25) is 5.02 Å². The summed E-state index contributed by atoms with van der Waals surface area (Å²) in [6.07, 6.45) is 6.00. The second-order valence-electron chi connectivity index (χ2n) is 7.95. The number of nitrogens with one attached hydrogen (secondary N) is 2. The standard InChI is InChI=1S/C23H26ClN5O2/c1-3-29-22-19(13-26-29)21(28-17-8-10-18(30)11-9-17)20(12-25-22)23(31)27-14(2)15-4-6-16(24)7-5-15/h4-7,12-14,17H,3,8-11H2,1-2H3,(H,25,28)(H,27,31). The number of rotatable bonds is 6. The van der Waals surface area contributed by atoms with Gasteiger partial charge in [-0.1, -0.05) is 23.7 Å². The lowest BCUT2D eigenvalue weighted by molar-refractivity contribution is -0.120. The van der Waals surface area contributed by atoms with Crippen molar-refractivity contribution in [3.8, 4) is 0 Å². The van der Waals surface area contributed by atoms with Gasteiger partial charge in [0.1, 0.15) is 5.78 Å². The summed E-state index contributed by atoms with van der Waals surface area (Å²) in [7, 11) is 0. The number of amides is 1. The van der Waals surface area contributed by atoms with Crippen molar-refractivity contribution in [2.75, 3.05) is 5.32 Å². The number of carbonyl (C=O) groups excluding carboxylic acids is 2. The molecule has 0 bridgehead atoms. The van der Waals surface area contributed by atoms with Crippen molar-refractivity contribution in [2.24, 2.45) is 0 Å². The van der Waals surface area contributed by atoms with Crippen LogP contribution in [-0.2, 0) is 11.3 Å². The van der Waals surface area contributed by atoms with Gasteiger partial charge in [0.15, 0.2) is 5.65 Å². The molecule has 4 rings (SSSR count). The van der Waals surface area contributed by atoms with Crippen LogP contribution in [0.3, 0.4) is 0 Å². The van der Waals surface area contributed by atoms with Crippen LogP contribution in [0, 0.1) is 0 Å². The highest BCUT2D eigenvalue weighted by atomic mass is 35.5. The van der Waals surface area contributed by atoms with Crippen molar-refractivity contribution in [2.45, 2.75) is 58.2 Å². The molecule has 31 heavy (non-hydrogen) atoms. The van der Waals surface area contributed by atoms with Crippen LogP contribution in [0.5, 0.6) is 0 Å². The first-order chi connectivity index (χ1) is 15.0. The highest BCUT2D eigenvalue weighted by Crippen LogP contribution is 2.30. The number of carbonyl (C=O) groups is 2. The number of fused-ring (bicyclic) bond motifs is 1. The Morgan fingerprint density at radius 2 is 1.94 bits per heavy atom. The van der Waals surface area contributed by atoms with Crippen LogP contribution < -0.4 is 10.6 Å². The van der Waals surface area contributed by atoms with Gasteiger partial charge >= 0.3 is 0 Å². The molecule has 8 heteroatoms. The van der Waals surface area contributed by atoms with Crippen LogP contribution in [0.4, 0.5) is 5.69 Å². The molecule has 0 saturated heterocycles. The Labute approximate surface area is 186 Å². The SMILES string of the molecule is CCn1ncc2c(NC3CCC(=O)CC3)c(C(=O)NC(C)c3ccc(Cl)cc3)cnc21. The number of pyridine rings is 1. The highest BCUT2D eigenvalue weighted by molar-refractivity contribution is 6.30. The van der Waals surface area contributed by atoms with Crippen LogP contribution in [-0.4, -0.2) is 32.5 Å². The second-order valence-corrected chi connectivity index (χ2v) is 8.38. The molecule has 1 saturated carbocycles. The lowest BCUT2D eigenvalue weighted by Crippen LogP contribution is -2.30. The van der Waals surface area contributed by atoms with Crippen LogP contribution in [0.15, 0.2) is 36.7 Å². The Hall–Kier alpha value is -2.93. The monoisotopic (exact) mass is 439 g/mol. The van der Waals surface area contributed by atoms with Gasteiger partial charge in [-0.3, -0.25) is 9.59 Å². The molecular formula is C23H26ClN5O2. The minimum Gasteiger partial charge on any atom is -0.381 e. The van der Waals surface area contributed by atoms with E-state index in [-0.39, 0.29) is 18.0 Å². The van der Waals surface area contributed by atoms with Gasteiger partial charge in [-0.05, 0) is 44.4 Å². The topological polar surface area (TPSA) is 88.9 Å². The van der Waals surface area contributed by atoms with E-state index in [1.165, 1.54) is 0 Å². The van der Waals surface area contributed by atoms with Crippen molar-refractivity contribution in [3.05, 3.63) is 52.8 Å². The molecule has 3 aromatic rings. The van der Waals surface area contributed by atoms with Gasteiger partial charge in [-0.25, -0.2) is 9.67 Å². The summed E-state index contributed by atoms with van der Waals surface area (Å²) >= 11 is 5.98. The maximum Gasteiger partial charge on any atom is 0.255 e. The Morgan fingerprint density at radius 1 is 1.23 bits per heavy atom. The van der Waals surface area contributed by atoms with Gasteiger partial charge in [-0.2, -0.15) is 5.10 Å². The van der Waals surface area contributed by atoms with E-state index in [1.54, 1.807) is 12.4 Å². The zero-order valence-corrected chi connectivity index (χ0v) is 18.4. The molecule has 162 valence electrons. The fourth-order valence-electron chi connectivity index (χ4n) is 3.98. The first kappa shape index (κ1) is 21.3. The predicted octanol–water partition coefficient (Wildman–Crippen LogP) is 4.52. The first-order valence-electron chi connectivity index (χ1n) is 10.6. The van der Waals surface area contributed by atoms with E-state index >= 15 is 0 Å². The number of ketones is 1. The number of nitrogens with zero attached hydrogens (tertiary/aromatic N) is 3. The van der Waals surface area contributed by atoms with Gasteiger partial charge in [0, 0.05) is 36.6 Å². The van der Waals surface area contributed by atoms with Crippen LogP contribution in [0.1, 0.15) is 61.5 Å². The van der Waals surface area contributed by atoms with Gasteiger partial charge in [0.05, 0.1) is 28.9 Å². The average Bonchev–Trinajstić information content (AvgIpc) is 3.19. The minimum absolute atomic E-state index is 0.133. The van der Waals surface area contributed by atoms with Crippen LogP contribution in [0.25, 0.3) is 11.0 Å². The molecule has 2 heterocycles. The molecule has 1 amide bonds. The molecular weight excluding hydrogens is 414 g/mol. The summed E-state index contributed by atoms with van der Waals surface area (Å²) in [5.74, 6) is 0.0852. The zero-order chi connectivity index (χ0) is 22.0. The normalized spacial score (nSPS) is 15.8. The third-order valence-corrected chi connectivity index (χ3v) is 6.07. The lowest BCUT2D eigenvalue weighted by atomic mass is 9.94. The number of anilines is 1. The largest absolute Gasteiger partial charge is 0.381 e. The van der Waals surface area contributed by atoms with E-state index in [4.69, 9.17) is 11.6 Å². The van der Waals surface area contributed by atoms with Crippen molar-refractivity contribution in [1.29, 1.82) is 0 Å². The molecule has 0 aliphatic heterocycles. The number of aryl methyl sites for hydroxylation is 1. The minimum atomic E-state index is -0.213. The van der Waals surface area contributed by atoms with Crippen molar-refractivity contribution >= 4 is 40.0 Å². The van der Waals surface area contributed by atoms with E-state index < -0.39 is 0 Å². The van der Waals surface area contributed by atoms with Crippen molar-refractivity contribution < 1.29 is 9.59 Å². The molecule has 2 N–H and O–H groups in total. The molecule has 1 atom stereocenters. The summed E-state index contributed by atoms with van der Waals surface area (Å²) in [6.45, 7) is 4.62. The highest BCUT2D eigenvalue weighted by Gasteiger charge is 2.24. The molecule has 0 spiro atoms. The summed E-state index contributed by atoms with van der Waals surface area (Å²) in [6, 6.07) is 7.36. The zero-order valence-electron chi connectivity index (χ0n) is 17.7. The fourth-order valence-corrected chi connectivity index (χ4v) is 4.11. The molecule has 1 fully saturated rings. The quantitative estimate of drug-likeness (QED) is 0.589. The second kappa shape index (κ2) is 9.06. The van der Waals surface area contributed by atoms with E-state index in [1.807, 2.05) is 42.8 Å². The summed E-state index contributed by atoms with van der Waals surface area (Å²) in [4.78, 5) is 29.4. The Balaban J connectivity index is 1.64. The molecule has 0 radical (unpaired) electrons. The third-order valence-electron chi connectivity index (χ3n) is 5.82. The maximum absolute atomic E-state index is 13.2. The Bertz CT molecular complexity index is 1100. The predicted molar refractivity (Wildman–Crippen MR) is 121 cm³/mol. The Morgan fingerprint density at radius 3 is 2.61 bits per heavy atom. The van der Waals surface area contributed by atoms with E-state index in [0.29, 0.717) is 35.8 Å². The van der Waals surface area contributed by atoms with Crippen molar-refractivity contribution in [1.82, 2.24) is 20.1 Å². The number of benzene rings is 1. The van der Waals surface area contributed by atoms with Crippen LogP contribution >= 0.6 is 11.6 Å². The number of aromatic nitrogens is 3. The van der Waals surface area contributed by atoms with Gasteiger partial charge < -0.3 is 10.6 Å². The maximum atomic E-state index is 13.2. The van der Waals surface area contributed by atoms with Gasteiger partial charge in [0.2, 0.25) is 0 Å². The molecule has 1 aliphatic rings. The number of Topliss-reactive ketones (excluding diaryl/α,β-unsaturated/α-hetero) is 1. The average molecular weight is 440 g/mol. The lowest BCUT2D eigenvalue weighted by Gasteiger charge is -2.25. The molecule has 2 aromatic heterocycles. The smallest absolute Gasteiger partial charge is 0.255 e. The summed E-state index contributed by atoms with van der Waals surface area (Å²) in [5.41, 5.74) is 2.90. The van der Waals surface area contributed by atoms with Gasteiger partial charge in [0.25, 0.3) is 5.91 Å². The number of hydrogen-bond donors (Lipinski definition) is 2. The fraction of sp³-hybridized carbons (Fsp3) is 0.391. The summed E-state index contributed by atoms with van der Waals surface area (Å²) in [5, 5.41) is 12.5. The molecule has 1 unspecified atom stereocenters. The van der Waals surface area contributed by atoms with Crippen molar-refractivity contribution in [3.63, 3.8) is 0 Å².